The molecule has 8 nitrogen and oxygen atoms in total. The summed E-state index contributed by atoms with van der Waals surface area (Å²) in [5, 5.41) is 15.1. The fourth-order valence-electron chi connectivity index (χ4n) is 4.63. The van der Waals surface area contributed by atoms with Crippen LogP contribution in [-0.4, -0.2) is 37.6 Å². The van der Waals surface area contributed by atoms with Crippen molar-refractivity contribution in [3.8, 4) is 11.8 Å². The van der Waals surface area contributed by atoms with E-state index in [9.17, 15) is 4.79 Å². The number of carbonyl (C=O) groups is 1. The molecule has 0 unspecified atom stereocenters. The normalized spacial score (nSPS) is 19.6. The summed E-state index contributed by atoms with van der Waals surface area (Å²) >= 11 is 5.96. The van der Waals surface area contributed by atoms with Gasteiger partial charge in [-0.3, -0.25) is 4.79 Å². The topological polar surface area (TPSA) is 96.2 Å². The molecule has 0 spiro atoms. The highest BCUT2D eigenvalue weighted by Gasteiger charge is 2.26. The average molecular weight is 492 g/mol. The first-order valence-electron chi connectivity index (χ1n) is 12.3. The zero-order valence-corrected chi connectivity index (χ0v) is 20.6. The lowest BCUT2D eigenvalue weighted by molar-refractivity contribution is 0.102. The number of anilines is 3. The zero-order valence-electron chi connectivity index (χ0n) is 19.9. The molecule has 2 aliphatic rings. The molecule has 0 aromatic carbocycles. The van der Waals surface area contributed by atoms with Gasteiger partial charge in [0.15, 0.2) is 11.3 Å². The molecule has 3 heterocycles. The molecular formula is C26H30ClN7O. The van der Waals surface area contributed by atoms with E-state index < -0.39 is 0 Å². The molecule has 2 aliphatic carbocycles. The number of hydrogen-bond donors (Lipinski definition) is 3. The van der Waals surface area contributed by atoms with Crippen molar-refractivity contribution in [2.45, 2.75) is 70.4 Å². The van der Waals surface area contributed by atoms with E-state index in [0.717, 1.165) is 49.5 Å². The fourth-order valence-corrected chi connectivity index (χ4v) is 4.80. The first-order chi connectivity index (χ1) is 17.1. The maximum Gasteiger partial charge on any atom is 0.276 e. The van der Waals surface area contributed by atoms with Crippen molar-refractivity contribution >= 4 is 40.3 Å². The Morgan fingerprint density at radius 2 is 1.89 bits per heavy atom. The maximum absolute atomic E-state index is 13.1. The summed E-state index contributed by atoms with van der Waals surface area (Å²) in [7, 11) is 0. The second-order valence-corrected chi connectivity index (χ2v) is 9.78. The van der Waals surface area contributed by atoms with E-state index in [1.807, 2.05) is 13.0 Å². The largest absolute Gasteiger partial charge is 0.379 e. The minimum Gasteiger partial charge on any atom is -0.379 e. The predicted octanol–water partition coefficient (Wildman–Crippen LogP) is 5.38. The molecule has 3 aromatic heterocycles. The minimum atomic E-state index is -0.308. The first kappa shape index (κ1) is 23.4. The summed E-state index contributed by atoms with van der Waals surface area (Å²) in [5.74, 6) is 7.37. The minimum absolute atomic E-state index is 0.308. The number of hydrogen-bond acceptors (Lipinski definition) is 6. The number of amides is 1. The molecule has 35 heavy (non-hydrogen) atoms. The number of imidazole rings is 1. The Hall–Kier alpha value is -3.31. The Morgan fingerprint density at radius 3 is 2.63 bits per heavy atom. The molecule has 182 valence electrons. The molecule has 1 amide bonds. The van der Waals surface area contributed by atoms with Gasteiger partial charge in [0.05, 0.1) is 11.9 Å². The highest BCUT2D eigenvalue weighted by molar-refractivity contribution is 6.29. The summed E-state index contributed by atoms with van der Waals surface area (Å²) < 4.78 is 1.63. The molecule has 0 saturated heterocycles. The Kier molecular flexibility index (Phi) is 7.05. The van der Waals surface area contributed by atoms with E-state index in [4.69, 9.17) is 16.7 Å². The molecule has 2 fully saturated rings. The van der Waals surface area contributed by atoms with Gasteiger partial charge in [-0.25, -0.2) is 14.5 Å². The van der Waals surface area contributed by atoms with Gasteiger partial charge in [0.25, 0.3) is 5.91 Å². The lowest BCUT2D eigenvalue weighted by Crippen LogP contribution is -2.27. The van der Waals surface area contributed by atoms with Crippen LogP contribution < -0.4 is 16.0 Å². The number of nitrogens with one attached hydrogen (secondary N) is 3. The van der Waals surface area contributed by atoms with Crippen molar-refractivity contribution in [1.29, 1.82) is 0 Å². The van der Waals surface area contributed by atoms with E-state index in [1.54, 1.807) is 29.0 Å². The Labute approximate surface area is 210 Å². The number of fused-ring (bicyclic) bond motifs is 1. The van der Waals surface area contributed by atoms with Crippen LogP contribution in [0.4, 0.5) is 17.2 Å². The molecule has 0 aliphatic heterocycles. The predicted molar refractivity (Wildman–Crippen MR) is 139 cm³/mol. The number of aromatic nitrogens is 4. The maximum atomic E-state index is 13.1. The van der Waals surface area contributed by atoms with Crippen LogP contribution in [0.25, 0.3) is 5.65 Å². The van der Waals surface area contributed by atoms with E-state index in [2.05, 4.69) is 37.8 Å². The summed E-state index contributed by atoms with van der Waals surface area (Å²) in [6, 6.07) is 6.13. The lowest BCUT2D eigenvalue weighted by Gasteiger charge is -2.29. The van der Waals surface area contributed by atoms with E-state index in [-0.39, 0.29) is 5.91 Å². The Balaban J connectivity index is 1.34. The zero-order chi connectivity index (χ0) is 24.2. The smallest absolute Gasteiger partial charge is 0.276 e. The molecular weight excluding hydrogens is 462 g/mol. The van der Waals surface area contributed by atoms with Crippen molar-refractivity contribution in [3.63, 3.8) is 0 Å². The summed E-state index contributed by atoms with van der Waals surface area (Å²) in [6.07, 6.45) is 12.2. The molecule has 0 atom stereocenters. The molecule has 9 heteroatoms. The SMILES string of the molecule is CC#CCCC1CCC(Nc2cc(NC3CC3)c3ncc(C(=O)Nc4ccnc(Cl)c4)n3n2)CC1. The third-order valence-corrected chi connectivity index (χ3v) is 6.88. The molecule has 5 rings (SSSR count). The van der Waals surface area contributed by atoms with Crippen LogP contribution in [0.3, 0.4) is 0 Å². The van der Waals surface area contributed by atoms with Gasteiger partial charge in [-0.1, -0.05) is 11.6 Å². The lowest BCUT2D eigenvalue weighted by atomic mass is 9.83. The van der Waals surface area contributed by atoms with Gasteiger partial charge < -0.3 is 16.0 Å². The number of halogens is 1. The molecule has 2 saturated carbocycles. The van der Waals surface area contributed by atoms with E-state index in [1.165, 1.54) is 19.3 Å². The third-order valence-electron chi connectivity index (χ3n) is 6.67. The van der Waals surface area contributed by atoms with Gasteiger partial charge in [-0.15, -0.1) is 16.9 Å². The van der Waals surface area contributed by atoms with Crippen LogP contribution in [-0.2, 0) is 0 Å². The molecule has 3 aromatic rings. The third kappa shape index (κ3) is 5.85. The first-order valence-corrected chi connectivity index (χ1v) is 12.7. The van der Waals surface area contributed by atoms with Gasteiger partial charge in [-0.05, 0) is 69.9 Å². The van der Waals surface area contributed by atoms with E-state index in [0.29, 0.717) is 34.3 Å². The van der Waals surface area contributed by atoms with Crippen LogP contribution in [0.2, 0.25) is 5.15 Å². The highest BCUT2D eigenvalue weighted by atomic mass is 35.5. The van der Waals surface area contributed by atoms with Crippen molar-refractivity contribution in [2.24, 2.45) is 5.92 Å². The molecule has 0 radical (unpaired) electrons. The van der Waals surface area contributed by atoms with Gasteiger partial charge in [0.1, 0.15) is 11.0 Å². The fraction of sp³-hybridized carbons (Fsp3) is 0.462. The summed E-state index contributed by atoms with van der Waals surface area (Å²) in [5.41, 5.74) is 2.46. The second-order valence-electron chi connectivity index (χ2n) is 9.39. The van der Waals surface area contributed by atoms with Crippen LogP contribution in [0.15, 0.2) is 30.6 Å². The quantitative estimate of drug-likeness (QED) is 0.289. The number of carbonyl (C=O) groups excluding carboxylic acids is 1. The Morgan fingerprint density at radius 1 is 1.11 bits per heavy atom. The van der Waals surface area contributed by atoms with Crippen LogP contribution in [0, 0.1) is 17.8 Å². The van der Waals surface area contributed by atoms with Crippen molar-refractivity contribution in [2.75, 3.05) is 16.0 Å². The second kappa shape index (κ2) is 10.5. The summed E-state index contributed by atoms with van der Waals surface area (Å²) in [6.45, 7) is 1.90. The monoisotopic (exact) mass is 491 g/mol. The number of rotatable bonds is 8. The molecule has 3 N–H and O–H groups in total. The standard InChI is InChI=1S/C26H30ClN7O/c1-2-3-4-5-17-6-8-19(9-7-17)31-24-15-21(30-18-10-11-18)25-29-16-22(34(25)33-24)26(35)32-20-12-13-28-23(27)14-20/h12-19,30H,4-11H2,1H3,(H,31,33)(H,28,32,35). The van der Waals surface area contributed by atoms with E-state index >= 15 is 0 Å². The van der Waals surface area contributed by atoms with Gasteiger partial charge in [-0.2, -0.15) is 0 Å². The van der Waals surface area contributed by atoms with Gasteiger partial charge in [0.2, 0.25) is 0 Å². The molecule has 0 bridgehead atoms. The average Bonchev–Trinajstić information content (AvgIpc) is 3.55. The van der Waals surface area contributed by atoms with Crippen molar-refractivity contribution < 1.29 is 4.79 Å². The number of pyridine rings is 1. The van der Waals surface area contributed by atoms with Gasteiger partial charge >= 0.3 is 0 Å². The van der Waals surface area contributed by atoms with Crippen LogP contribution in [0.5, 0.6) is 0 Å². The van der Waals surface area contributed by atoms with Crippen molar-refractivity contribution in [3.05, 3.63) is 41.4 Å². The Bertz CT molecular complexity index is 1270. The van der Waals surface area contributed by atoms with Gasteiger partial charge in [0, 0.05) is 36.5 Å². The van der Waals surface area contributed by atoms with Crippen molar-refractivity contribution in [1.82, 2.24) is 19.6 Å². The van der Waals surface area contributed by atoms with Crippen LogP contribution in [0.1, 0.15) is 68.8 Å². The summed E-state index contributed by atoms with van der Waals surface area (Å²) in [4.78, 5) is 21.5. The highest BCUT2D eigenvalue weighted by Crippen LogP contribution is 2.32. The number of nitrogens with zero attached hydrogens (tertiary/aromatic N) is 4. The van der Waals surface area contributed by atoms with Crippen LogP contribution >= 0.6 is 11.6 Å².